The Kier molecular flexibility index (Phi) is 2.43. The second-order valence-electron chi connectivity index (χ2n) is 3.18. The van der Waals surface area contributed by atoms with E-state index in [-0.39, 0.29) is 11.5 Å². The first-order valence-electron chi connectivity index (χ1n) is 4.78. The van der Waals surface area contributed by atoms with E-state index in [1.165, 1.54) is 11.0 Å². The average molecular weight is 221 g/mol. The molecule has 2 aromatic rings. The van der Waals surface area contributed by atoms with Gasteiger partial charge in [-0.1, -0.05) is 0 Å². The molecule has 0 spiro atoms. The van der Waals surface area contributed by atoms with E-state index in [2.05, 4.69) is 15.2 Å². The summed E-state index contributed by atoms with van der Waals surface area (Å²) in [6, 6.07) is 0. The SMILES string of the molecule is CCOC(=O)c1nn2ncnc(N)c2c1C. The van der Waals surface area contributed by atoms with E-state index in [4.69, 9.17) is 10.5 Å². The van der Waals surface area contributed by atoms with Crippen LogP contribution in [0.25, 0.3) is 5.52 Å². The zero-order valence-corrected chi connectivity index (χ0v) is 8.97. The number of hydrogen-bond acceptors (Lipinski definition) is 6. The number of rotatable bonds is 2. The predicted molar refractivity (Wildman–Crippen MR) is 55.9 cm³/mol. The van der Waals surface area contributed by atoms with E-state index in [0.29, 0.717) is 17.7 Å². The van der Waals surface area contributed by atoms with Crippen molar-refractivity contribution in [2.75, 3.05) is 12.3 Å². The van der Waals surface area contributed by atoms with Gasteiger partial charge in [-0.25, -0.2) is 9.78 Å². The number of aromatic nitrogens is 4. The normalized spacial score (nSPS) is 10.6. The second-order valence-corrected chi connectivity index (χ2v) is 3.18. The van der Waals surface area contributed by atoms with E-state index in [9.17, 15) is 4.79 Å². The molecule has 0 aliphatic rings. The molecule has 16 heavy (non-hydrogen) atoms. The van der Waals surface area contributed by atoms with E-state index in [1.54, 1.807) is 13.8 Å². The number of nitrogens with zero attached hydrogens (tertiary/aromatic N) is 4. The molecule has 0 radical (unpaired) electrons. The van der Waals surface area contributed by atoms with Crippen molar-refractivity contribution in [2.24, 2.45) is 0 Å². The summed E-state index contributed by atoms with van der Waals surface area (Å²) in [6.07, 6.45) is 1.28. The second kappa shape index (κ2) is 3.76. The molecule has 0 saturated carbocycles. The molecular weight excluding hydrogens is 210 g/mol. The standard InChI is InChI=1S/C9H11N5O2/c1-3-16-9(15)6-5(2)7-8(10)11-4-12-14(7)13-6/h4H,3H2,1-2H3,(H2,10,11,12). The minimum absolute atomic E-state index is 0.217. The highest BCUT2D eigenvalue weighted by molar-refractivity contribution is 5.92. The zero-order valence-electron chi connectivity index (χ0n) is 8.97. The number of ether oxygens (including phenoxy) is 1. The number of carbonyl (C=O) groups is 1. The fraction of sp³-hybridized carbons (Fsp3) is 0.333. The van der Waals surface area contributed by atoms with E-state index in [0.717, 1.165) is 0 Å². The van der Waals surface area contributed by atoms with Crippen molar-refractivity contribution >= 4 is 17.3 Å². The van der Waals surface area contributed by atoms with Crippen LogP contribution >= 0.6 is 0 Å². The van der Waals surface area contributed by atoms with Gasteiger partial charge in [0.25, 0.3) is 0 Å². The van der Waals surface area contributed by atoms with Gasteiger partial charge in [0.2, 0.25) is 0 Å². The molecule has 0 amide bonds. The Labute approximate surface area is 91.2 Å². The van der Waals surface area contributed by atoms with Crippen LogP contribution in [0, 0.1) is 6.92 Å². The Hall–Kier alpha value is -2.18. The van der Waals surface area contributed by atoms with Crippen LogP contribution in [-0.2, 0) is 4.74 Å². The summed E-state index contributed by atoms with van der Waals surface area (Å²) in [4.78, 5) is 15.4. The summed E-state index contributed by atoms with van der Waals surface area (Å²) in [5, 5.41) is 7.88. The number of fused-ring (bicyclic) bond motifs is 1. The quantitative estimate of drug-likeness (QED) is 0.727. The average Bonchev–Trinajstić information content (AvgIpc) is 2.58. The van der Waals surface area contributed by atoms with Gasteiger partial charge in [-0.3, -0.25) is 0 Å². The van der Waals surface area contributed by atoms with Gasteiger partial charge in [-0.15, -0.1) is 14.8 Å². The topological polar surface area (TPSA) is 95.4 Å². The first kappa shape index (κ1) is 10.3. The Morgan fingerprint density at radius 1 is 1.62 bits per heavy atom. The van der Waals surface area contributed by atoms with Gasteiger partial charge in [-0.2, -0.15) is 0 Å². The lowest BCUT2D eigenvalue weighted by Gasteiger charge is -1.97. The van der Waals surface area contributed by atoms with Crippen molar-refractivity contribution in [1.29, 1.82) is 0 Å². The summed E-state index contributed by atoms with van der Waals surface area (Å²) in [6.45, 7) is 3.76. The van der Waals surface area contributed by atoms with Gasteiger partial charge in [0.15, 0.2) is 11.5 Å². The van der Waals surface area contributed by atoms with E-state index in [1.807, 2.05) is 0 Å². The molecule has 0 bridgehead atoms. The van der Waals surface area contributed by atoms with Gasteiger partial charge in [0, 0.05) is 5.56 Å². The van der Waals surface area contributed by atoms with Crippen molar-refractivity contribution in [3.8, 4) is 0 Å². The van der Waals surface area contributed by atoms with Crippen molar-refractivity contribution in [3.05, 3.63) is 17.6 Å². The molecule has 0 atom stereocenters. The number of hydrogen-bond donors (Lipinski definition) is 1. The van der Waals surface area contributed by atoms with Gasteiger partial charge in [-0.05, 0) is 13.8 Å². The zero-order chi connectivity index (χ0) is 11.7. The molecule has 2 rings (SSSR count). The molecule has 2 N–H and O–H groups in total. The van der Waals surface area contributed by atoms with Crippen LogP contribution in [0.2, 0.25) is 0 Å². The molecule has 84 valence electrons. The van der Waals surface area contributed by atoms with Crippen molar-refractivity contribution in [3.63, 3.8) is 0 Å². The van der Waals surface area contributed by atoms with Crippen LogP contribution in [0.1, 0.15) is 23.0 Å². The lowest BCUT2D eigenvalue weighted by atomic mass is 10.2. The van der Waals surface area contributed by atoms with Crippen LogP contribution in [-0.4, -0.2) is 32.4 Å². The number of anilines is 1. The number of aryl methyl sites for hydroxylation is 1. The third kappa shape index (κ3) is 1.46. The van der Waals surface area contributed by atoms with Crippen molar-refractivity contribution < 1.29 is 9.53 Å². The molecule has 7 nitrogen and oxygen atoms in total. The molecule has 2 aromatic heterocycles. The summed E-state index contributed by atoms with van der Waals surface area (Å²) in [7, 11) is 0. The van der Waals surface area contributed by atoms with Crippen LogP contribution < -0.4 is 5.73 Å². The minimum atomic E-state index is -0.482. The Morgan fingerprint density at radius 2 is 2.38 bits per heavy atom. The van der Waals surface area contributed by atoms with Gasteiger partial charge in [0.05, 0.1) is 6.61 Å². The Bertz CT molecular complexity index is 548. The minimum Gasteiger partial charge on any atom is -0.461 e. The maximum atomic E-state index is 11.6. The van der Waals surface area contributed by atoms with Crippen LogP contribution in [0.15, 0.2) is 6.33 Å². The molecule has 0 saturated heterocycles. The number of esters is 1. The van der Waals surface area contributed by atoms with Gasteiger partial charge < -0.3 is 10.5 Å². The molecule has 0 unspecified atom stereocenters. The number of carbonyl (C=O) groups excluding carboxylic acids is 1. The highest BCUT2D eigenvalue weighted by atomic mass is 16.5. The van der Waals surface area contributed by atoms with Gasteiger partial charge in [0.1, 0.15) is 11.8 Å². The molecule has 0 aliphatic heterocycles. The lowest BCUT2D eigenvalue weighted by molar-refractivity contribution is 0.0518. The Balaban J connectivity index is 2.61. The fourth-order valence-electron chi connectivity index (χ4n) is 1.45. The molecule has 7 heteroatoms. The molecule has 0 fully saturated rings. The van der Waals surface area contributed by atoms with Crippen LogP contribution in [0.3, 0.4) is 0 Å². The highest BCUT2D eigenvalue weighted by Crippen LogP contribution is 2.18. The van der Waals surface area contributed by atoms with Crippen LogP contribution in [0.5, 0.6) is 0 Å². The largest absolute Gasteiger partial charge is 0.461 e. The highest BCUT2D eigenvalue weighted by Gasteiger charge is 2.19. The molecule has 0 aliphatic carbocycles. The first-order valence-corrected chi connectivity index (χ1v) is 4.78. The number of nitrogen functional groups attached to an aromatic ring is 1. The van der Waals surface area contributed by atoms with Crippen molar-refractivity contribution in [1.82, 2.24) is 19.8 Å². The van der Waals surface area contributed by atoms with Crippen LogP contribution in [0.4, 0.5) is 5.82 Å². The number of nitrogens with two attached hydrogens (primary N) is 1. The predicted octanol–water partition coefficient (Wildman–Crippen LogP) is 0.192. The van der Waals surface area contributed by atoms with Crippen molar-refractivity contribution in [2.45, 2.75) is 13.8 Å². The molecule has 2 heterocycles. The fourth-order valence-corrected chi connectivity index (χ4v) is 1.45. The third-order valence-corrected chi connectivity index (χ3v) is 2.17. The van der Waals surface area contributed by atoms with Gasteiger partial charge >= 0.3 is 5.97 Å². The maximum absolute atomic E-state index is 11.6. The summed E-state index contributed by atoms with van der Waals surface area (Å²) in [5.74, 6) is -0.194. The van der Waals surface area contributed by atoms with E-state index < -0.39 is 5.97 Å². The first-order chi connectivity index (χ1) is 7.65. The Morgan fingerprint density at radius 3 is 3.00 bits per heavy atom. The summed E-state index contributed by atoms with van der Waals surface area (Å²) in [5.41, 5.74) is 7.05. The lowest BCUT2D eigenvalue weighted by Crippen LogP contribution is -2.07. The monoisotopic (exact) mass is 221 g/mol. The maximum Gasteiger partial charge on any atom is 0.359 e. The smallest absolute Gasteiger partial charge is 0.359 e. The third-order valence-electron chi connectivity index (χ3n) is 2.17. The van der Waals surface area contributed by atoms with E-state index >= 15 is 0 Å². The summed E-state index contributed by atoms with van der Waals surface area (Å²) >= 11 is 0. The molecular formula is C9H11N5O2. The molecule has 0 aromatic carbocycles. The summed E-state index contributed by atoms with van der Waals surface area (Å²) < 4.78 is 6.16.